The Morgan fingerprint density at radius 1 is 1.30 bits per heavy atom. The predicted molar refractivity (Wildman–Crippen MR) is 105 cm³/mol. The van der Waals surface area contributed by atoms with Crippen LogP contribution in [0.25, 0.3) is 11.3 Å². The van der Waals surface area contributed by atoms with Crippen LogP contribution in [0.1, 0.15) is 25.0 Å². The second kappa shape index (κ2) is 7.47. The van der Waals surface area contributed by atoms with Gasteiger partial charge in [0, 0.05) is 25.2 Å². The minimum atomic E-state index is -0.706. The second-order valence-corrected chi connectivity index (χ2v) is 8.18. The van der Waals surface area contributed by atoms with E-state index in [0.717, 1.165) is 30.7 Å². The van der Waals surface area contributed by atoms with Crippen LogP contribution < -0.4 is 5.32 Å². The highest BCUT2D eigenvalue weighted by Gasteiger charge is 2.49. The molecule has 144 valence electrons. The van der Waals surface area contributed by atoms with Gasteiger partial charge in [0.25, 0.3) is 0 Å². The molecule has 0 unspecified atom stereocenters. The zero-order valence-corrected chi connectivity index (χ0v) is 16.4. The Labute approximate surface area is 168 Å². The molecule has 3 heterocycles. The normalized spacial score (nSPS) is 26.3. The van der Waals surface area contributed by atoms with Crippen molar-refractivity contribution < 1.29 is 14.3 Å². The fourth-order valence-electron chi connectivity index (χ4n) is 4.19. The lowest BCUT2D eigenvalue weighted by Gasteiger charge is -2.46. The number of benzene rings is 1. The molecule has 2 aliphatic rings. The van der Waals surface area contributed by atoms with Crippen molar-refractivity contribution in [1.29, 1.82) is 0 Å². The molecule has 2 atom stereocenters. The number of aliphatic hydroxyl groups is 1. The van der Waals surface area contributed by atoms with Crippen LogP contribution in [0.5, 0.6) is 0 Å². The maximum absolute atomic E-state index is 12.5. The van der Waals surface area contributed by atoms with Gasteiger partial charge in [-0.3, -0.25) is 9.69 Å². The van der Waals surface area contributed by atoms with Crippen LogP contribution in [0.3, 0.4) is 0 Å². The fourth-order valence-corrected chi connectivity index (χ4v) is 4.58. The van der Waals surface area contributed by atoms with Gasteiger partial charge in [-0.1, -0.05) is 29.3 Å². The summed E-state index contributed by atoms with van der Waals surface area (Å²) in [5.74, 6) is 1.43. The molecule has 2 aromatic rings. The predicted octanol–water partition coefficient (Wildman–Crippen LogP) is 3.72. The number of hydrogen-bond acceptors (Lipinski definition) is 4. The fraction of sp³-hybridized carbons (Fsp3) is 0.450. The summed E-state index contributed by atoms with van der Waals surface area (Å²) in [6.07, 6.45) is 1.61. The van der Waals surface area contributed by atoms with Crippen molar-refractivity contribution in [2.45, 2.75) is 31.9 Å². The van der Waals surface area contributed by atoms with Crippen LogP contribution in [0, 0.1) is 5.41 Å². The highest BCUT2D eigenvalue weighted by molar-refractivity contribution is 6.43. The first-order valence-electron chi connectivity index (χ1n) is 9.21. The molecule has 2 N–H and O–H groups in total. The molecule has 27 heavy (non-hydrogen) atoms. The lowest BCUT2D eigenvalue weighted by Crippen LogP contribution is -2.61. The zero-order valence-electron chi connectivity index (χ0n) is 14.9. The average molecular weight is 409 g/mol. The quantitative estimate of drug-likeness (QED) is 0.811. The van der Waals surface area contributed by atoms with Crippen LogP contribution in [0.4, 0.5) is 0 Å². The Morgan fingerprint density at radius 3 is 2.96 bits per heavy atom. The summed E-state index contributed by atoms with van der Waals surface area (Å²) in [5, 5.41) is 14.4. The number of carbonyl (C=O) groups is 1. The summed E-state index contributed by atoms with van der Waals surface area (Å²) in [6.45, 7) is 2.54. The molecule has 1 aromatic carbocycles. The number of hydrogen-bond donors (Lipinski definition) is 2. The van der Waals surface area contributed by atoms with Gasteiger partial charge in [-0.05, 0) is 43.5 Å². The molecule has 1 aromatic heterocycles. The minimum Gasteiger partial charge on any atom is -0.460 e. The molecular weight excluding hydrogens is 387 g/mol. The SMILES string of the molecule is O=C1NCCC[C@]12CN(Cc1ccc(-c3cccc(Cl)c3Cl)o1)CC[C@H]2O. The Hall–Kier alpha value is -1.53. The average Bonchev–Trinajstić information content (AvgIpc) is 3.11. The lowest BCUT2D eigenvalue weighted by atomic mass is 9.71. The summed E-state index contributed by atoms with van der Waals surface area (Å²) in [4.78, 5) is 14.7. The van der Waals surface area contributed by atoms with E-state index >= 15 is 0 Å². The first-order valence-corrected chi connectivity index (χ1v) is 9.97. The molecule has 1 amide bonds. The standard InChI is InChI=1S/C20H22Cl2N2O3/c21-15-4-1-3-14(18(15)22)16-6-5-13(27-16)11-24-10-7-17(25)20(12-24)8-2-9-23-19(20)26/h1,3-6,17,25H,2,7-12H2,(H,23,26)/t17-,20-/m1/s1. The third kappa shape index (κ3) is 3.49. The third-order valence-corrected chi connectivity index (χ3v) is 6.48. The summed E-state index contributed by atoms with van der Waals surface area (Å²) in [7, 11) is 0. The topological polar surface area (TPSA) is 65.7 Å². The molecule has 0 bridgehead atoms. The number of likely N-dealkylation sites (tertiary alicyclic amines) is 1. The van der Waals surface area contributed by atoms with E-state index in [1.807, 2.05) is 24.3 Å². The molecule has 2 aliphatic heterocycles. The van der Waals surface area contributed by atoms with Gasteiger partial charge in [0.1, 0.15) is 11.5 Å². The van der Waals surface area contributed by atoms with Crippen LogP contribution in [-0.4, -0.2) is 41.7 Å². The van der Waals surface area contributed by atoms with Gasteiger partial charge < -0.3 is 14.8 Å². The van der Waals surface area contributed by atoms with E-state index < -0.39 is 11.5 Å². The van der Waals surface area contributed by atoms with Crippen LogP contribution in [0.2, 0.25) is 10.0 Å². The van der Waals surface area contributed by atoms with Crippen LogP contribution in [-0.2, 0) is 11.3 Å². The zero-order chi connectivity index (χ0) is 19.0. The van der Waals surface area contributed by atoms with E-state index in [0.29, 0.717) is 41.9 Å². The highest BCUT2D eigenvalue weighted by atomic mass is 35.5. The molecule has 0 radical (unpaired) electrons. The molecule has 4 rings (SSSR count). The van der Waals surface area contributed by atoms with E-state index in [1.54, 1.807) is 6.07 Å². The van der Waals surface area contributed by atoms with E-state index in [4.69, 9.17) is 27.6 Å². The second-order valence-electron chi connectivity index (χ2n) is 7.40. The third-order valence-electron chi connectivity index (χ3n) is 5.66. The minimum absolute atomic E-state index is 0.0307. The molecular formula is C20H22Cl2N2O3. The van der Waals surface area contributed by atoms with Gasteiger partial charge in [-0.25, -0.2) is 0 Å². The highest BCUT2D eigenvalue weighted by Crippen LogP contribution is 2.38. The van der Waals surface area contributed by atoms with E-state index in [-0.39, 0.29) is 5.91 Å². The number of carbonyl (C=O) groups excluding carboxylic acids is 1. The van der Waals surface area contributed by atoms with Crippen molar-refractivity contribution in [3.63, 3.8) is 0 Å². The van der Waals surface area contributed by atoms with E-state index in [9.17, 15) is 9.90 Å². The van der Waals surface area contributed by atoms with Crippen molar-refractivity contribution in [1.82, 2.24) is 10.2 Å². The first-order chi connectivity index (χ1) is 13.0. The summed E-state index contributed by atoms with van der Waals surface area (Å²) in [5.41, 5.74) is 0.0509. The van der Waals surface area contributed by atoms with Gasteiger partial charge in [0.15, 0.2) is 0 Å². The van der Waals surface area contributed by atoms with Gasteiger partial charge in [0.2, 0.25) is 5.91 Å². The molecule has 0 saturated carbocycles. The number of piperidine rings is 2. The number of amides is 1. The Balaban J connectivity index is 1.51. The number of nitrogens with one attached hydrogen (secondary N) is 1. The van der Waals surface area contributed by atoms with Gasteiger partial charge in [-0.2, -0.15) is 0 Å². The van der Waals surface area contributed by atoms with E-state index in [2.05, 4.69) is 10.2 Å². The van der Waals surface area contributed by atoms with Crippen molar-refractivity contribution in [2.75, 3.05) is 19.6 Å². The first kappa shape index (κ1) is 18.8. The smallest absolute Gasteiger partial charge is 0.230 e. The Kier molecular flexibility index (Phi) is 5.21. The largest absolute Gasteiger partial charge is 0.460 e. The monoisotopic (exact) mass is 408 g/mol. The molecule has 2 saturated heterocycles. The number of furan rings is 1. The molecule has 5 nitrogen and oxygen atoms in total. The van der Waals surface area contributed by atoms with Crippen LogP contribution >= 0.6 is 23.2 Å². The Morgan fingerprint density at radius 2 is 2.15 bits per heavy atom. The lowest BCUT2D eigenvalue weighted by molar-refractivity contribution is -0.149. The van der Waals surface area contributed by atoms with Gasteiger partial charge in [-0.15, -0.1) is 0 Å². The maximum Gasteiger partial charge on any atom is 0.230 e. The number of nitrogens with zero attached hydrogens (tertiary/aromatic N) is 1. The molecule has 2 fully saturated rings. The van der Waals surface area contributed by atoms with Gasteiger partial charge >= 0.3 is 0 Å². The molecule has 1 spiro atoms. The maximum atomic E-state index is 12.5. The van der Waals surface area contributed by atoms with Crippen molar-refractivity contribution in [3.05, 3.63) is 46.1 Å². The summed E-state index contributed by atoms with van der Waals surface area (Å²) < 4.78 is 5.99. The number of rotatable bonds is 3. The number of aliphatic hydroxyl groups excluding tert-OH is 1. The van der Waals surface area contributed by atoms with Gasteiger partial charge in [0.05, 0.1) is 28.1 Å². The van der Waals surface area contributed by atoms with Crippen molar-refractivity contribution >= 4 is 29.1 Å². The molecule has 7 heteroatoms. The summed E-state index contributed by atoms with van der Waals surface area (Å²) >= 11 is 12.4. The van der Waals surface area contributed by atoms with Crippen molar-refractivity contribution in [3.8, 4) is 11.3 Å². The Bertz CT molecular complexity index is 854. The summed E-state index contributed by atoms with van der Waals surface area (Å²) in [6, 6.07) is 9.25. The number of halogens is 2. The van der Waals surface area contributed by atoms with E-state index in [1.165, 1.54) is 0 Å². The van der Waals surface area contributed by atoms with Crippen LogP contribution in [0.15, 0.2) is 34.7 Å². The van der Waals surface area contributed by atoms with Crippen molar-refractivity contribution in [2.24, 2.45) is 5.41 Å². The molecule has 0 aliphatic carbocycles.